The van der Waals surface area contributed by atoms with Crippen molar-refractivity contribution in [1.29, 1.82) is 0 Å². The summed E-state index contributed by atoms with van der Waals surface area (Å²) in [5.41, 5.74) is 0.893. The van der Waals surface area contributed by atoms with Gasteiger partial charge in [0.15, 0.2) is 0 Å². The average molecular weight is 277 g/mol. The zero-order chi connectivity index (χ0) is 13.8. The zero-order valence-electron chi connectivity index (χ0n) is 10.8. The number of hydrogen-bond acceptors (Lipinski definition) is 5. The van der Waals surface area contributed by atoms with Gasteiger partial charge in [-0.3, -0.25) is 4.55 Å². The Hall–Kier alpha value is -0.990. The van der Waals surface area contributed by atoms with E-state index in [4.69, 9.17) is 4.55 Å². The van der Waals surface area contributed by atoms with Gasteiger partial charge < -0.3 is 0 Å². The minimum Gasteiger partial charge on any atom is -0.264 e. The van der Waals surface area contributed by atoms with E-state index in [1.807, 2.05) is 27.0 Å². The Morgan fingerprint density at radius 1 is 1.50 bits per heavy atom. The van der Waals surface area contributed by atoms with Crippen LogP contribution in [-0.4, -0.2) is 34.6 Å². The van der Waals surface area contributed by atoms with Crippen LogP contribution in [0.5, 0.6) is 0 Å². The third-order valence-electron chi connectivity index (χ3n) is 2.65. The van der Waals surface area contributed by atoms with Crippen molar-refractivity contribution in [2.24, 2.45) is 0 Å². The Balaban J connectivity index is 2.60. The molecule has 0 saturated heterocycles. The van der Waals surface area contributed by atoms with Crippen LogP contribution in [-0.2, 0) is 14.6 Å². The average Bonchev–Trinajstić information content (AvgIpc) is 2.72. The van der Waals surface area contributed by atoms with Gasteiger partial charge in [-0.1, -0.05) is 26.0 Å². The molecule has 8 heteroatoms. The molecule has 1 atom stereocenters. The molecule has 1 unspecified atom stereocenters. The molecule has 18 heavy (non-hydrogen) atoms. The molecular formula is C10H19N3O4S. The van der Waals surface area contributed by atoms with Crippen LogP contribution in [0, 0.1) is 0 Å². The molecule has 1 rings (SSSR count). The summed E-state index contributed by atoms with van der Waals surface area (Å²) in [6.07, 6.45) is 3.07. The van der Waals surface area contributed by atoms with Gasteiger partial charge in [-0.15, -0.1) is 5.10 Å². The first-order valence-corrected chi connectivity index (χ1v) is 7.23. The topological polar surface area (TPSA) is 94.3 Å². The highest BCUT2D eigenvalue weighted by atomic mass is 32.3. The highest BCUT2D eigenvalue weighted by molar-refractivity contribution is 7.80. The number of hydrogen-bond donors (Lipinski definition) is 1. The molecule has 1 aromatic heterocycles. The Morgan fingerprint density at radius 2 is 2.17 bits per heavy atom. The molecule has 1 N–H and O–H groups in total. The molecule has 0 fully saturated rings. The summed E-state index contributed by atoms with van der Waals surface area (Å²) in [7, 11) is -4.36. The first-order valence-electron chi connectivity index (χ1n) is 5.87. The van der Waals surface area contributed by atoms with Crippen LogP contribution in [0.1, 0.15) is 51.3 Å². The van der Waals surface area contributed by atoms with Crippen LogP contribution in [0.4, 0.5) is 0 Å². The van der Waals surface area contributed by atoms with Crippen molar-refractivity contribution in [2.45, 2.75) is 45.6 Å². The van der Waals surface area contributed by atoms with Gasteiger partial charge in [0.25, 0.3) is 0 Å². The molecule has 0 aliphatic rings. The maximum Gasteiger partial charge on any atom is 0.397 e. The van der Waals surface area contributed by atoms with E-state index in [9.17, 15) is 8.42 Å². The highest BCUT2D eigenvalue weighted by Crippen LogP contribution is 2.18. The first-order chi connectivity index (χ1) is 8.33. The molecule has 0 bridgehead atoms. The molecule has 0 radical (unpaired) electrons. The molecule has 0 saturated carbocycles. The van der Waals surface area contributed by atoms with Crippen LogP contribution in [0.25, 0.3) is 0 Å². The standard InChI is InChI=1S/C10H19N3O4S/c1-4-9(5-6-17-18(14,15)16)13-7-10(8(2)3)11-12-13/h7-9H,4-6H2,1-3H3,(H,14,15,16). The predicted molar refractivity (Wildman–Crippen MR) is 65.6 cm³/mol. The van der Waals surface area contributed by atoms with Gasteiger partial charge in [-0.05, 0) is 18.8 Å². The van der Waals surface area contributed by atoms with E-state index in [2.05, 4.69) is 14.5 Å². The second-order valence-electron chi connectivity index (χ2n) is 4.38. The predicted octanol–water partition coefficient (Wildman–Crippen LogP) is 1.56. The summed E-state index contributed by atoms with van der Waals surface area (Å²) in [5, 5.41) is 8.07. The van der Waals surface area contributed by atoms with Gasteiger partial charge in [-0.2, -0.15) is 8.42 Å². The number of rotatable bonds is 7. The molecule has 0 aromatic carbocycles. The van der Waals surface area contributed by atoms with Crippen LogP contribution < -0.4 is 0 Å². The summed E-state index contributed by atoms with van der Waals surface area (Å²) in [5.74, 6) is 0.297. The molecule has 1 heterocycles. The van der Waals surface area contributed by atoms with Crippen molar-refractivity contribution < 1.29 is 17.2 Å². The molecule has 104 valence electrons. The van der Waals surface area contributed by atoms with E-state index in [1.165, 1.54) is 0 Å². The van der Waals surface area contributed by atoms with Gasteiger partial charge in [-0.25, -0.2) is 8.86 Å². The zero-order valence-corrected chi connectivity index (χ0v) is 11.6. The quantitative estimate of drug-likeness (QED) is 0.760. The van der Waals surface area contributed by atoms with Crippen LogP contribution in [0.15, 0.2) is 6.20 Å². The van der Waals surface area contributed by atoms with Crippen molar-refractivity contribution in [3.8, 4) is 0 Å². The lowest BCUT2D eigenvalue weighted by molar-refractivity contribution is 0.238. The fourth-order valence-corrected chi connectivity index (χ4v) is 1.85. The number of aromatic nitrogens is 3. The third-order valence-corrected chi connectivity index (χ3v) is 3.11. The SMILES string of the molecule is CCC(CCOS(=O)(=O)O)n1cc(C(C)C)nn1. The smallest absolute Gasteiger partial charge is 0.264 e. The minimum absolute atomic E-state index is 0.00625. The van der Waals surface area contributed by atoms with Crippen LogP contribution in [0.3, 0.4) is 0 Å². The summed E-state index contributed by atoms with van der Waals surface area (Å²) in [6.45, 7) is 5.94. The lowest BCUT2D eigenvalue weighted by Crippen LogP contribution is -2.14. The summed E-state index contributed by atoms with van der Waals surface area (Å²) >= 11 is 0. The molecule has 1 aromatic rings. The number of nitrogens with zero attached hydrogens (tertiary/aromatic N) is 3. The van der Waals surface area contributed by atoms with Gasteiger partial charge in [0.05, 0.1) is 18.3 Å². The maximum absolute atomic E-state index is 10.4. The minimum atomic E-state index is -4.36. The third kappa shape index (κ3) is 4.71. The van der Waals surface area contributed by atoms with Crippen molar-refractivity contribution >= 4 is 10.4 Å². The van der Waals surface area contributed by atoms with E-state index in [0.717, 1.165) is 12.1 Å². The Morgan fingerprint density at radius 3 is 2.61 bits per heavy atom. The summed E-state index contributed by atoms with van der Waals surface area (Å²) in [4.78, 5) is 0. The van der Waals surface area contributed by atoms with E-state index >= 15 is 0 Å². The van der Waals surface area contributed by atoms with Crippen molar-refractivity contribution in [3.63, 3.8) is 0 Å². The van der Waals surface area contributed by atoms with Gasteiger partial charge >= 0.3 is 10.4 Å². The fraction of sp³-hybridized carbons (Fsp3) is 0.800. The van der Waals surface area contributed by atoms with Crippen LogP contribution in [0.2, 0.25) is 0 Å². The molecule has 0 spiro atoms. The second kappa shape index (κ2) is 6.26. The second-order valence-corrected chi connectivity index (χ2v) is 5.47. The van der Waals surface area contributed by atoms with Crippen molar-refractivity contribution in [1.82, 2.24) is 15.0 Å². The van der Waals surface area contributed by atoms with Crippen molar-refractivity contribution in [2.75, 3.05) is 6.61 Å². The van der Waals surface area contributed by atoms with Gasteiger partial charge in [0.2, 0.25) is 0 Å². The Labute approximate surface area is 107 Å². The molecule has 0 amide bonds. The monoisotopic (exact) mass is 277 g/mol. The summed E-state index contributed by atoms with van der Waals surface area (Å²) in [6, 6.07) is 0.00625. The normalized spacial score (nSPS) is 14.1. The highest BCUT2D eigenvalue weighted by Gasteiger charge is 2.14. The van der Waals surface area contributed by atoms with Gasteiger partial charge in [0, 0.05) is 6.20 Å². The van der Waals surface area contributed by atoms with E-state index in [0.29, 0.717) is 12.3 Å². The molecule has 7 nitrogen and oxygen atoms in total. The summed E-state index contributed by atoms with van der Waals surface area (Å²) < 4.78 is 35.3. The van der Waals surface area contributed by atoms with E-state index in [-0.39, 0.29) is 12.6 Å². The van der Waals surface area contributed by atoms with Crippen molar-refractivity contribution in [3.05, 3.63) is 11.9 Å². The first kappa shape index (κ1) is 15.1. The van der Waals surface area contributed by atoms with E-state index < -0.39 is 10.4 Å². The fourth-order valence-electron chi connectivity index (χ4n) is 1.55. The Kier molecular flexibility index (Phi) is 5.24. The van der Waals surface area contributed by atoms with Crippen LogP contribution >= 0.6 is 0 Å². The largest absolute Gasteiger partial charge is 0.397 e. The maximum atomic E-state index is 10.4. The Bertz CT molecular complexity index is 469. The van der Waals surface area contributed by atoms with E-state index in [1.54, 1.807) is 4.68 Å². The molecular weight excluding hydrogens is 258 g/mol. The molecule has 0 aliphatic carbocycles. The molecule has 0 aliphatic heterocycles. The lowest BCUT2D eigenvalue weighted by Gasteiger charge is -2.13. The van der Waals surface area contributed by atoms with Gasteiger partial charge in [0.1, 0.15) is 0 Å². The lowest BCUT2D eigenvalue weighted by atomic mass is 10.1.